The average Bonchev–Trinajstić information content (AvgIpc) is 3.30. The third-order valence-corrected chi connectivity index (χ3v) is 9.28. The summed E-state index contributed by atoms with van der Waals surface area (Å²) in [5.41, 5.74) is -0.751. The van der Waals surface area contributed by atoms with Crippen molar-refractivity contribution < 1.29 is 28.2 Å². The molecule has 1 heterocycles. The minimum Gasteiger partial charge on any atom is -0.490 e. The molecule has 2 aromatic rings. The summed E-state index contributed by atoms with van der Waals surface area (Å²) in [6.45, 7) is 7.89. The second kappa shape index (κ2) is 11.0. The lowest BCUT2D eigenvalue weighted by Gasteiger charge is -2.39. The molecule has 2 saturated carbocycles. The number of nitrogens with one attached hydrogen (secondary N) is 2. The van der Waals surface area contributed by atoms with E-state index >= 15 is 8.78 Å². The third kappa shape index (κ3) is 5.99. The Morgan fingerprint density at radius 1 is 1.07 bits per heavy atom. The minimum absolute atomic E-state index is 0.00821. The Balaban J connectivity index is 1.39. The van der Waals surface area contributed by atoms with Gasteiger partial charge in [0.2, 0.25) is 5.67 Å². The Hall–Kier alpha value is -3.00. The summed E-state index contributed by atoms with van der Waals surface area (Å²) in [5.74, 6) is -1.11. The number of ether oxygens (including phenoxy) is 1. The van der Waals surface area contributed by atoms with Gasteiger partial charge in [0.25, 0.3) is 5.91 Å². The van der Waals surface area contributed by atoms with E-state index in [9.17, 15) is 14.7 Å². The van der Waals surface area contributed by atoms with Gasteiger partial charge in [-0.25, -0.2) is 8.78 Å². The summed E-state index contributed by atoms with van der Waals surface area (Å²) in [6, 6.07) is 10.2. The molecule has 8 heteroatoms. The van der Waals surface area contributed by atoms with Crippen LogP contribution >= 0.6 is 0 Å². The molecular formula is C33H42F2N2O4. The summed E-state index contributed by atoms with van der Waals surface area (Å²) < 4.78 is 37.3. The molecule has 0 bridgehead atoms. The molecule has 3 fully saturated rings. The number of hydrogen-bond acceptors (Lipinski definition) is 4. The maximum absolute atomic E-state index is 15.6. The number of rotatable bonds is 8. The molecule has 3 atom stereocenters. The fraction of sp³-hybridized carbons (Fsp3) is 0.576. The van der Waals surface area contributed by atoms with Crippen LogP contribution in [0.2, 0.25) is 0 Å². The van der Waals surface area contributed by atoms with Gasteiger partial charge in [-0.2, -0.15) is 0 Å². The van der Waals surface area contributed by atoms with Crippen molar-refractivity contribution in [1.82, 2.24) is 10.6 Å². The maximum Gasteiger partial charge on any atom is 0.313 e. The van der Waals surface area contributed by atoms with Crippen molar-refractivity contribution in [2.75, 3.05) is 13.1 Å². The number of carbonyl (C=O) groups is 2. The van der Waals surface area contributed by atoms with Gasteiger partial charge in [0, 0.05) is 31.1 Å². The predicted octanol–water partition coefficient (Wildman–Crippen LogP) is 6.27. The molecule has 222 valence electrons. The van der Waals surface area contributed by atoms with Crippen LogP contribution in [0.3, 0.4) is 0 Å². The van der Waals surface area contributed by atoms with E-state index in [1.807, 2.05) is 26.0 Å². The first kappa shape index (κ1) is 29.5. The largest absolute Gasteiger partial charge is 0.490 e. The minimum atomic E-state index is -1.95. The van der Waals surface area contributed by atoms with Gasteiger partial charge >= 0.3 is 5.97 Å². The molecule has 1 amide bonds. The van der Waals surface area contributed by atoms with Gasteiger partial charge in [0.05, 0.1) is 5.41 Å². The van der Waals surface area contributed by atoms with Gasteiger partial charge in [-0.15, -0.1) is 0 Å². The van der Waals surface area contributed by atoms with E-state index in [1.165, 1.54) is 6.07 Å². The topological polar surface area (TPSA) is 87.7 Å². The first-order valence-electron chi connectivity index (χ1n) is 14.8. The van der Waals surface area contributed by atoms with E-state index in [0.29, 0.717) is 48.2 Å². The monoisotopic (exact) mass is 568 g/mol. The zero-order valence-corrected chi connectivity index (χ0v) is 24.5. The highest BCUT2D eigenvalue weighted by molar-refractivity contribution is 5.86. The lowest BCUT2D eigenvalue weighted by atomic mass is 9.76. The highest BCUT2D eigenvalue weighted by atomic mass is 19.1. The van der Waals surface area contributed by atoms with Crippen LogP contribution in [0.4, 0.5) is 8.78 Å². The van der Waals surface area contributed by atoms with Gasteiger partial charge in [0.15, 0.2) is 0 Å². The van der Waals surface area contributed by atoms with Crippen LogP contribution < -0.4 is 15.4 Å². The number of amides is 1. The zero-order chi connectivity index (χ0) is 29.6. The van der Waals surface area contributed by atoms with Crippen LogP contribution in [-0.2, 0) is 15.0 Å². The standard InChI is InChI=1S/C33H42F2N2O4/c1-31(2)17-33(35,19-36-18-31)29(38)37-22-12-13-23(16-22)41-27-14-11-21(32(3,4)30(39)40)15-25(27)24-9-6-10-26(34)28(24)20-7-5-8-20/h6,9-11,14-15,20,22-23,36H,5,7-8,12-13,16-19H2,1-4H3,(H,37,38)(H,39,40)/t22-,23-,33+/m1/s1. The molecule has 0 aromatic heterocycles. The molecule has 2 aliphatic carbocycles. The van der Waals surface area contributed by atoms with Crippen molar-refractivity contribution in [3.63, 3.8) is 0 Å². The number of carboxylic acid groups (broad SMARTS) is 1. The van der Waals surface area contributed by atoms with Gasteiger partial charge in [-0.05, 0) is 92.2 Å². The Labute approximate surface area is 241 Å². The molecule has 6 nitrogen and oxygen atoms in total. The number of aliphatic carboxylic acids is 1. The molecule has 3 aliphatic rings. The molecule has 0 unspecified atom stereocenters. The van der Waals surface area contributed by atoms with E-state index in [-0.39, 0.29) is 42.3 Å². The number of piperidine rings is 1. The van der Waals surface area contributed by atoms with Crippen LogP contribution in [0.25, 0.3) is 11.1 Å². The van der Waals surface area contributed by atoms with Crippen molar-refractivity contribution in [1.29, 1.82) is 0 Å². The van der Waals surface area contributed by atoms with E-state index in [0.717, 1.165) is 24.8 Å². The van der Waals surface area contributed by atoms with Gasteiger partial charge < -0.3 is 20.5 Å². The lowest BCUT2D eigenvalue weighted by Crippen LogP contribution is -2.59. The zero-order valence-electron chi connectivity index (χ0n) is 24.5. The van der Waals surface area contributed by atoms with Gasteiger partial charge in [-0.3, -0.25) is 9.59 Å². The molecule has 5 rings (SSSR count). The normalized spacial score (nSPS) is 26.3. The number of alkyl halides is 1. The van der Waals surface area contributed by atoms with Crippen LogP contribution in [-0.4, -0.2) is 47.9 Å². The summed E-state index contributed by atoms with van der Waals surface area (Å²) in [4.78, 5) is 25.0. The van der Waals surface area contributed by atoms with Crippen LogP contribution in [0, 0.1) is 11.2 Å². The Bertz CT molecular complexity index is 1320. The first-order valence-corrected chi connectivity index (χ1v) is 14.8. The molecule has 41 heavy (non-hydrogen) atoms. The summed E-state index contributed by atoms with van der Waals surface area (Å²) >= 11 is 0. The van der Waals surface area contributed by atoms with Gasteiger partial charge in [-0.1, -0.05) is 38.5 Å². The summed E-state index contributed by atoms with van der Waals surface area (Å²) in [6.07, 6.45) is 4.69. The fourth-order valence-electron chi connectivity index (χ4n) is 6.55. The highest BCUT2D eigenvalue weighted by Crippen LogP contribution is 2.46. The smallest absolute Gasteiger partial charge is 0.313 e. The van der Waals surface area contributed by atoms with Crippen LogP contribution in [0.15, 0.2) is 36.4 Å². The quantitative estimate of drug-likeness (QED) is 0.350. The van der Waals surface area contributed by atoms with Gasteiger partial charge in [0.1, 0.15) is 17.7 Å². The van der Waals surface area contributed by atoms with Crippen LogP contribution in [0.5, 0.6) is 5.75 Å². The third-order valence-electron chi connectivity index (χ3n) is 9.28. The highest BCUT2D eigenvalue weighted by Gasteiger charge is 2.47. The Morgan fingerprint density at radius 3 is 2.49 bits per heavy atom. The number of carboxylic acids is 1. The molecule has 1 aliphatic heterocycles. The average molecular weight is 569 g/mol. The van der Waals surface area contributed by atoms with E-state index < -0.39 is 23.0 Å². The molecular weight excluding hydrogens is 526 g/mol. The predicted molar refractivity (Wildman–Crippen MR) is 154 cm³/mol. The van der Waals surface area contributed by atoms with Crippen molar-refractivity contribution in [2.24, 2.45) is 5.41 Å². The van der Waals surface area contributed by atoms with E-state index in [1.54, 1.807) is 32.0 Å². The van der Waals surface area contributed by atoms with Crippen molar-refractivity contribution in [3.05, 3.63) is 53.3 Å². The lowest BCUT2D eigenvalue weighted by molar-refractivity contribution is -0.142. The number of benzene rings is 2. The van der Waals surface area contributed by atoms with Crippen molar-refractivity contribution in [3.8, 4) is 16.9 Å². The molecule has 0 radical (unpaired) electrons. The molecule has 1 saturated heterocycles. The Kier molecular flexibility index (Phi) is 7.92. The van der Waals surface area contributed by atoms with E-state index in [2.05, 4.69) is 10.6 Å². The summed E-state index contributed by atoms with van der Waals surface area (Å²) in [5, 5.41) is 15.9. The number of hydrogen-bond donors (Lipinski definition) is 3. The fourth-order valence-corrected chi connectivity index (χ4v) is 6.55. The molecule has 3 N–H and O–H groups in total. The second-order valence-corrected chi connectivity index (χ2v) is 13.6. The Morgan fingerprint density at radius 2 is 1.83 bits per heavy atom. The van der Waals surface area contributed by atoms with E-state index in [4.69, 9.17) is 4.74 Å². The maximum atomic E-state index is 15.6. The molecule has 0 spiro atoms. The SMILES string of the molecule is CC1(C)CNC[C@](F)(C(=O)N[C@@H]2CC[C@@H](Oc3ccc(C(C)(C)C(=O)O)cc3-c3cccc(F)c3C3CCC3)C2)C1. The molecule has 2 aromatic carbocycles. The first-order chi connectivity index (χ1) is 19.3. The van der Waals surface area contributed by atoms with Crippen LogP contribution in [0.1, 0.15) is 89.7 Å². The number of halogens is 2. The number of carbonyl (C=O) groups excluding carboxylic acids is 1. The van der Waals surface area contributed by atoms with Crippen molar-refractivity contribution in [2.45, 2.75) is 102 Å². The van der Waals surface area contributed by atoms with Crippen molar-refractivity contribution >= 4 is 11.9 Å². The summed E-state index contributed by atoms with van der Waals surface area (Å²) in [7, 11) is 0. The second-order valence-electron chi connectivity index (χ2n) is 13.6.